The minimum Gasteiger partial charge on any atom is -0.323 e. The van der Waals surface area contributed by atoms with Crippen molar-refractivity contribution in [1.29, 1.82) is 0 Å². The third kappa shape index (κ3) is 3.73. The molecule has 0 radical (unpaired) electrons. The molecule has 1 unspecified atom stereocenters. The Morgan fingerprint density at radius 3 is 2.45 bits per heavy atom. The first-order valence-corrected chi connectivity index (χ1v) is 7.92. The van der Waals surface area contributed by atoms with Crippen LogP contribution in [0.2, 0.25) is 5.02 Å². The van der Waals surface area contributed by atoms with Crippen LogP contribution in [-0.2, 0) is 0 Å². The van der Waals surface area contributed by atoms with Gasteiger partial charge in [0.15, 0.2) is 0 Å². The normalized spacial score (nSPS) is 12.4. The number of halogens is 4. The molecule has 20 heavy (non-hydrogen) atoms. The van der Waals surface area contributed by atoms with Crippen LogP contribution in [0.4, 0.5) is 8.78 Å². The van der Waals surface area contributed by atoms with E-state index in [-0.39, 0.29) is 10.0 Å². The van der Waals surface area contributed by atoms with E-state index in [2.05, 4.69) is 15.9 Å². The van der Waals surface area contributed by atoms with Crippen molar-refractivity contribution in [3.63, 3.8) is 0 Å². The quantitative estimate of drug-likeness (QED) is 0.586. The first-order chi connectivity index (χ1) is 9.49. The fraction of sp³-hybridized carbons (Fsp3) is 0.143. The van der Waals surface area contributed by atoms with Gasteiger partial charge in [0.1, 0.15) is 11.6 Å². The molecule has 6 heteroatoms. The van der Waals surface area contributed by atoms with E-state index in [4.69, 9.17) is 17.3 Å². The van der Waals surface area contributed by atoms with Gasteiger partial charge in [-0.2, -0.15) is 0 Å². The van der Waals surface area contributed by atoms with Crippen molar-refractivity contribution in [3.8, 4) is 0 Å². The summed E-state index contributed by atoms with van der Waals surface area (Å²) in [6, 6.07) is 9.00. The minimum absolute atomic E-state index is 0.0964. The Kier molecular flexibility index (Phi) is 5.43. The van der Waals surface area contributed by atoms with Crippen molar-refractivity contribution < 1.29 is 8.78 Å². The second-order valence-corrected chi connectivity index (χ2v) is 6.51. The molecule has 0 amide bonds. The van der Waals surface area contributed by atoms with Crippen LogP contribution in [0.5, 0.6) is 0 Å². The SMILES string of the molecule is NC(CSc1ccc(Cl)cc1)c1c(F)ccc(Br)c1F. The lowest BCUT2D eigenvalue weighted by Gasteiger charge is -2.14. The zero-order valence-corrected chi connectivity index (χ0v) is 13.4. The number of thioether (sulfide) groups is 1. The van der Waals surface area contributed by atoms with Gasteiger partial charge in [0.25, 0.3) is 0 Å². The van der Waals surface area contributed by atoms with Crippen molar-refractivity contribution in [1.82, 2.24) is 0 Å². The predicted octanol–water partition coefficient (Wildman–Crippen LogP) is 5.17. The average Bonchev–Trinajstić information content (AvgIpc) is 2.43. The third-order valence-electron chi connectivity index (χ3n) is 2.69. The number of nitrogens with two attached hydrogens (primary N) is 1. The van der Waals surface area contributed by atoms with E-state index in [1.165, 1.54) is 23.9 Å². The molecule has 0 aliphatic carbocycles. The maximum Gasteiger partial charge on any atom is 0.145 e. The molecule has 1 nitrogen and oxygen atoms in total. The van der Waals surface area contributed by atoms with Crippen molar-refractivity contribution in [2.45, 2.75) is 10.9 Å². The minimum atomic E-state index is -0.729. The van der Waals surface area contributed by atoms with Gasteiger partial charge in [0.05, 0.1) is 4.47 Å². The Morgan fingerprint density at radius 2 is 1.80 bits per heavy atom. The Balaban J connectivity index is 2.11. The van der Waals surface area contributed by atoms with Crippen LogP contribution in [0.1, 0.15) is 11.6 Å². The van der Waals surface area contributed by atoms with Crippen LogP contribution in [-0.4, -0.2) is 5.75 Å². The van der Waals surface area contributed by atoms with Crippen molar-refractivity contribution >= 4 is 39.3 Å². The monoisotopic (exact) mass is 377 g/mol. The van der Waals surface area contributed by atoms with Crippen LogP contribution in [0.15, 0.2) is 45.8 Å². The van der Waals surface area contributed by atoms with Crippen LogP contribution >= 0.6 is 39.3 Å². The lowest BCUT2D eigenvalue weighted by atomic mass is 10.1. The van der Waals surface area contributed by atoms with Crippen LogP contribution in [0.25, 0.3) is 0 Å². The molecule has 0 bridgehead atoms. The standard InChI is InChI=1S/C14H11BrClF2NS/c15-10-5-6-11(17)13(14(10)18)12(19)7-20-9-3-1-8(16)2-4-9/h1-6,12H,7,19H2. The summed E-state index contributed by atoms with van der Waals surface area (Å²) < 4.78 is 27.8. The lowest BCUT2D eigenvalue weighted by molar-refractivity contribution is 0.534. The molecule has 0 saturated heterocycles. The zero-order chi connectivity index (χ0) is 14.7. The fourth-order valence-electron chi connectivity index (χ4n) is 1.68. The number of benzene rings is 2. The number of rotatable bonds is 4. The number of hydrogen-bond acceptors (Lipinski definition) is 2. The van der Waals surface area contributed by atoms with Crippen molar-refractivity contribution in [2.75, 3.05) is 5.75 Å². The van der Waals surface area contributed by atoms with Crippen molar-refractivity contribution in [3.05, 3.63) is 63.1 Å². The first-order valence-electron chi connectivity index (χ1n) is 5.76. The van der Waals surface area contributed by atoms with Crippen LogP contribution < -0.4 is 5.73 Å². The van der Waals surface area contributed by atoms with Gasteiger partial charge >= 0.3 is 0 Å². The smallest absolute Gasteiger partial charge is 0.145 e. The van der Waals surface area contributed by atoms with Gasteiger partial charge in [-0.05, 0) is 52.3 Å². The summed E-state index contributed by atoms with van der Waals surface area (Å²) in [5.41, 5.74) is 5.80. The molecular formula is C14H11BrClF2NS. The predicted molar refractivity (Wildman–Crippen MR) is 83.2 cm³/mol. The summed E-state index contributed by atoms with van der Waals surface area (Å²) in [7, 11) is 0. The maximum atomic E-state index is 13.9. The highest BCUT2D eigenvalue weighted by Gasteiger charge is 2.19. The van der Waals surface area contributed by atoms with Gasteiger partial charge in [0.2, 0.25) is 0 Å². The van der Waals surface area contributed by atoms with E-state index in [0.29, 0.717) is 10.8 Å². The molecule has 0 fully saturated rings. The molecule has 2 aromatic rings. The summed E-state index contributed by atoms with van der Waals surface area (Å²) in [6.07, 6.45) is 0. The largest absolute Gasteiger partial charge is 0.323 e. The summed E-state index contributed by atoms with van der Waals surface area (Å²) in [5, 5.41) is 0.641. The second-order valence-electron chi connectivity index (χ2n) is 4.13. The average molecular weight is 379 g/mol. The van der Waals surface area contributed by atoms with E-state index in [1.807, 2.05) is 12.1 Å². The third-order valence-corrected chi connectivity index (χ3v) is 4.69. The molecule has 0 spiro atoms. The summed E-state index contributed by atoms with van der Waals surface area (Å²) in [4.78, 5) is 0.945. The number of hydrogen-bond donors (Lipinski definition) is 1. The van der Waals surface area contributed by atoms with E-state index < -0.39 is 17.7 Å². The lowest BCUT2D eigenvalue weighted by Crippen LogP contribution is -2.17. The molecule has 2 N–H and O–H groups in total. The fourth-order valence-corrected chi connectivity index (χ4v) is 3.02. The molecule has 1 atom stereocenters. The van der Waals surface area contributed by atoms with Gasteiger partial charge in [-0.3, -0.25) is 0 Å². The van der Waals surface area contributed by atoms with Crippen molar-refractivity contribution in [2.24, 2.45) is 5.73 Å². The van der Waals surface area contributed by atoms with Gasteiger partial charge < -0.3 is 5.73 Å². The van der Waals surface area contributed by atoms with Gasteiger partial charge in [-0.15, -0.1) is 11.8 Å². The van der Waals surface area contributed by atoms with Crippen LogP contribution in [0.3, 0.4) is 0 Å². The molecule has 2 rings (SSSR count). The summed E-state index contributed by atoms with van der Waals surface area (Å²) in [6.45, 7) is 0. The second kappa shape index (κ2) is 6.89. The van der Waals surface area contributed by atoms with E-state index in [9.17, 15) is 8.78 Å². The Morgan fingerprint density at radius 1 is 1.15 bits per heavy atom. The topological polar surface area (TPSA) is 26.0 Å². The van der Waals surface area contributed by atoms with Gasteiger partial charge in [-0.25, -0.2) is 8.78 Å². The highest BCUT2D eigenvalue weighted by Crippen LogP contribution is 2.30. The summed E-state index contributed by atoms with van der Waals surface area (Å²) in [5.74, 6) is -0.907. The molecule has 0 aliphatic heterocycles. The van der Waals surface area contributed by atoms with E-state index >= 15 is 0 Å². The Hall–Kier alpha value is -0.620. The van der Waals surface area contributed by atoms with Gasteiger partial charge in [-0.1, -0.05) is 11.6 Å². The van der Waals surface area contributed by atoms with Crippen LogP contribution in [0, 0.1) is 11.6 Å². The Labute approximate surface area is 133 Å². The molecule has 0 aromatic heterocycles. The van der Waals surface area contributed by atoms with E-state index in [1.54, 1.807) is 12.1 Å². The molecular weight excluding hydrogens is 368 g/mol. The molecule has 2 aromatic carbocycles. The molecule has 106 valence electrons. The zero-order valence-electron chi connectivity index (χ0n) is 10.2. The molecule has 0 heterocycles. The molecule has 0 aliphatic rings. The summed E-state index contributed by atoms with van der Waals surface area (Å²) >= 11 is 10.2. The highest BCUT2D eigenvalue weighted by atomic mass is 79.9. The highest BCUT2D eigenvalue weighted by molar-refractivity contribution is 9.10. The Bertz CT molecular complexity index is 607. The van der Waals surface area contributed by atoms with E-state index in [0.717, 1.165) is 4.90 Å². The van der Waals surface area contributed by atoms with Gasteiger partial charge in [0, 0.05) is 27.3 Å². The molecule has 0 saturated carbocycles. The first kappa shape index (κ1) is 15.8. The maximum absolute atomic E-state index is 13.9.